The van der Waals surface area contributed by atoms with Crippen LogP contribution in [-0.2, 0) is 16.0 Å². The van der Waals surface area contributed by atoms with Crippen molar-refractivity contribution in [1.82, 2.24) is 4.90 Å². The fraction of sp³-hybridized carbons (Fsp3) is 0.529. The monoisotopic (exact) mass is 289 g/mol. The Morgan fingerprint density at radius 2 is 1.95 bits per heavy atom. The number of imide groups is 1. The summed E-state index contributed by atoms with van der Waals surface area (Å²) in [6.07, 6.45) is 0.117. The van der Waals surface area contributed by atoms with Gasteiger partial charge in [0.15, 0.2) is 0 Å². The number of nitrogens with zero attached hydrogens (tertiary/aromatic N) is 1. The van der Waals surface area contributed by atoms with Crippen LogP contribution < -0.4 is 0 Å². The molecule has 4 heteroatoms. The Labute approximate surface area is 126 Å². The molecule has 1 aromatic rings. The molecule has 1 aliphatic heterocycles. The van der Waals surface area contributed by atoms with Gasteiger partial charge in [0, 0.05) is 5.92 Å². The van der Waals surface area contributed by atoms with Gasteiger partial charge in [-0.2, -0.15) is 0 Å². The van der Waals surface area contributed by atoms with Crippen molar-refractivity contribution < 1.29 is 14.3 Å². The third-order valence-corrected chi connectivity index (χ3v) is 4.18. The third kappa shape index (κ3) is 3.43. The zero-order chi connectivity index (χ0) is 15.6. The maximum atomic E-state index is 12.6. The smallest absolute Gasteiger partial charge is 0.416 e. The molecule has 0 bridgehead atoms. The molecule has 1 unspecified atom stereocenters. The van der Waals surface area contributed by atoms with Gasteiger partial charge >= 0.3 is 6.09 Å². The standard InChI is InChI=1S/C17H23NO3/c1-12(17(2,3)4)15(19)18-14(11-21-16(18)20)10-13-8-6-5-7-9-13/h5-9,12,14H,10-11H2,1-4H3/t12-,14?/m0/s1. The summed E-state index contributed by atoms with van der Waals surface area (Å²) in [4.78, 5) is 25.9. The first-order valence-corrected chi connectivity index (χ1v) is 7.34. The fourth-order valence-electron chi connectivity index (χ4n) is 2.35. The van der Waals surface area contributed by atoms with Crippen molar-refractivity contribution in [3.05, 3.63) is 35.9 Å². The number of rotatable bonds is 3. The van der Waals surface area contributed by atoms with Crippen LogP contribution in [0.5, 0.6) is 0 Å². The minimum atomic E-state index is -0.517. The summed E-state index contributed by atoms with van der Waals surface area (Å²) in [5.41, 5.74) is 0.916. The first-order valence-electron chi connectivity index (χ1n) is 7.34. The average Bonchev–Trinajstić information content (AvgIpc) is 2.78. The van der Waals surface area contributed by atoms with Crippen molar-refractivity contribution in [2.24, 2.45) is 11.3 Å². The number of benzene rings is 1. The first kappa shape index (κ1) is 15.5. The van der Waals surface area contributed by atoms with Crippen molar-refractivity contribution in [2.75, 3.05) is 6.61 Å². The molecule has 0 aromatic heterocycles. The van der Waals surface area contributed by atoms with E-state index in [-0.39, 0.29) is 29.9 Å². The molecule has 21 heavy (non-hydrogen) atoms. The van der Waals surface area contributed by atoms with Gasteiger partial charge in [-0.3, -0.25) is 4.79 Å². The molecular formula is C17H23NO3. The summed E-state index contributed by atoms with van der Waals surface area (Å²) >= 11 is 0. The van der Waals surface area contributed by atoms with E-state index in [9.17, 15) is 9.59 Å². The van der Waals surface area contributed by atoms with E-state index in [4.69, 9.17) is 4.74 Å². The lowest BCUT2D eigenvalue weighted by Gasteiger charge is -2.30. The minimum Gasteiger partial charge on any atom is -0.447 e. The van der Waals surface area contributed by atoms with Crippen LogP contribution in [0.15, 0.2) is 30.3 Å². The van der Waals surface area contributed by atoms with Crippen molar-refractivity contribution in [2.45, 2.75) is 40.2 Å². The zero-order valence-corrected chi connectivity index (χ0v) is 13.1. The predicted molar refractivity (Wildman–Crippen MR) is 80.7 cm³/mol. The van der Waals surface area contributed by atoms with E-state index < -0.39 is 6.09 Å². The molecule has 1 saturated heterocycles. The summed E-state index contributed by atoms with van der Waals surface area (Å²) in [7, 11) is 0. The highest BCUT2D eigenvalue weighted by Crippen LogP contribution is 2.29. The van der Waals surface area contributed by atoms with Crippen molar-refractivity contribution in [3.63, 3.8) is 0 Å². The number of hydrogen-bond acceptors (Lipinski definition) is 3. The Bertz CT molecular complexity index is 519. The second-order valence-electron chi connectivity index (χ2n) is 6.72. The number of ether oxygens (including phenoxy) is 1. The molecule has 1 aromatic carbocycles. The van der Waals surface area contributed by atoms with Crippen LogP contribution in [0.25, 0.3) is 0 Å². The summed E-state index contributed by atoms with van der Waals surface area (Å²) in [6.45, 7) is 8.15. The SMILES string of the molecule is C[C@@H](C(=O)N1C(=O)OCC1Cc1ccccc1)C(C)(C)C. The van der Waals surface area contributed by atoms with E-state index >= 15 is 0 Å². The van der Waals surface area contributed by atoms with E-state index in [1.165, 1.54) is 4.90 Å². The van der Waals surface area contributed by atoms with Gasteiger partial charge in [0.05, 0.1) is 6.04 Å². The lowest BCUT2D eigenvalue weighted by Crippen LogP contribution is -2.45. The zero-order valence-electron chi connectivity index (χ0n) is 13.1. The number of cyclic esters (lactones) is 1. The van der Waals surface area contributed by atoms with Gasteiger partial charge in [-0.25, -0.2) is 9.69 Å². The molecule has 0 N–H and O–H groups in total. The molecule has 1 fully saturated rings. The second kappa shape index (κ2) is 5.88. The molecule has 2 amide bonds. The molecule has 1 heterocycles. The molecule has 0 aliphatic carbocycles. The molecular weight excluding hydrogens is 266 g/mol. The maximum Gasteiger partial charge on any atom is 0.416 e. The minimum absolute atomic E-state index is 0.147. The maximum absolute atomic E-state index is 12.6. The first-order chi connectivity index (χ1) is 9.80. The lowest BCUT2D eigenvalue weighted by molar-refractivity contribution is -0.136. The summed E-state index contributed by atoms with van der Waals surface area (Å²) in [5.74, 6) is -0.382. The van der Waals surface area contributed by atoms with Gasteiger partial charge in [-0.1, -0.05) is 58.0 Å². The highest BCUT2D eigenvalue weighted by Gasteiger charge is 2.42. The Hall–Kier alpha value is -1.84. The van der Waals surface area contributed by atoms with E-state index in [0.717, 1.165) is 5.56 Å². The van der Waals surface area contributed by atoms with Crippen LogP contribution in [0.2, 0.25) is 0 Å². The second-order valence-corrected chi connectivity index (χ2v) is 6.72. The van der Waals surface area contributed by atoms with Crippen LogP contribution in [0.4, 0.5) is 4.79 Å². The van der Waals surface area contributed by atoms with Gasteiger partial charge in [-0.15, -0.1) is 0 Å². The predicted octanol–water partition coefficient (Wildman–Crippen LogP) is 3.26. The highest BCUT2D eigenvalue weighted by atomic mass is 16.6. The highest BCUT2D eigenvalue weighted by molar-refractivity contribution is 5.95. The van der Waals surface area contributed by atoms with E-state index in [0.29, 0.717) is 6.42 Å². The van der Waals surface area contributed by atoms with Crippen LogP contribution >= 0.6 is 0 Å². The van der Waals surface area contributed by atoms with Crippen LogP contribution in [0.1, 0.15) is 33.3 Å². The van der Waals surface area contributed by atoms with Gasteiger partial charge in [0.1, 0.15) is 6.61 Å². The van der Waals surface area contributed by atoms with Crippen LogP contribution in [0, 0.1) is 11.3 Å². The largest absolute Gasteiger partial charge is 0.447 e. The normalized spacial score (nSPS) is 20.3. The topological polar surface area (TPSA) is 46.6 Å². The molecule has 0 spiro atoms. The van der Waals surface area contributed by atoms with Crippen LogP contribution in [0.3, 0.4) is 0 Å². The molecule has 2 rings (SSSR count). The molecule has 4 nitrogen and oxygen atoms in total. The third-order valence-electron chi connectivity index (χ3n) is 4.18. The van der Waals surface area contributed by atoms with Crippen LogP contribution in [-0.4, -0.2) is 29.5 Å². The number of carbonyl (C=O) groups excluding carboxylic acids is 2. The Morgan fingerprint density at radius 3 is 2.52 bits per heavy atom. The summed E-state index contributed by atoms with van der Waals surface area (Å²) in [5, 5.41) is 0. The van der Waals surface area contributed by atoms with Crippen molar-refractivity contribution in [3.8, 4) is 0 Å². The van der Waals surface area contributed by atoms with Crippen molar-refractivity contribution in [1.29, 1.82) is 0 Å². The quantitative estimate of drug-likeness (QED) is 0.858. The van der Waals surface area contributed by atoms with E-state index in [2.05, 4.69) is 0 Å². The van der Waals surface area contributed by atoms with Gasteiger partial charge in [0.25, 0.3) is 0 Å². The fourth-order valence-corrected chi connectivity index (χ4v) is 2.35. The van der Waals surface area contributed by atoms with Gasteiger partial charge in [0.2, 0.25) is 5.91 Å². The number of carbonyl (C=O) groups is 2. The number of hydrogen-bond donors (Lipinski definition) is 0. The Kier molecular flexibility index (Phi) is 4.35. The molecule has 2 atom stereocenters. The summed E-state index contributed by atoms with van der Waals surface area (Å²) < 4.78 is 5.10. The molecule has 1 aliphatic rings. The number of amides is 2. The molecule has 0 saturated carbocycles. The summed E-state index contributed by atoms with van der Waals surface area (Å²) in [6, 6.07) is 9.65. The van der Waals surface area contributed by atoms with E-state index in [1.54, 1.807) is 0 Å². The Morgan fingerprint density at radius 1 is 1.33 bits per heavy atom. The lowest BCUT2D eigenvalue weighted by atomic mass is 9.81. The molecule has 0 radical (unpaired) electrons. The van der Waals surface area contributed by atoms with E-state index in [1.807, 2.05) is 58.0 Å². The molecule has 114 valence electrons. The van der Waals surface area contributed by atoms with Gasteiger partial charge < -0.3 is 4.74 Å². The van der Waals surface area contributed by atoms with Gasteiger partial charge in [-0.05, 0) is 17.4 Å². The average molecular weight is 289 g/mol. The van der Waals surface area contributed by atoms with Crippen molar-refractivity contribution >= 4 is 12.0 Å². The Balaban J connectivity index is 2.15.